The molecule has 1 fully saturated rings. The third-order valence-electron chi connectivity index (χ3n) is 3.96. The van der Waals surface area contributed by atoms with Crippen LogP contribution in [0.2, 0.25) is 5.02 Å². The number of rotatable bonds is 6. The quantitative estimate of drug-likeness (QED) is 0.865. The van der Waals surface area contributed by atoms with Crippen molar-refractivity contribution in [2.75, 3.05) is 13.2 Å². The van der Waals surface area contributed by atoms with E-state index in [-0.39, 0.29) is 12.0 Å². The fourth-order valence-corrected chi connectivity index (χ4v) is 2.81. The number of hydrogen-bond donors (Lipinski definition) is 1. The monoisotopic (exact) mass is 345 g/mol. The van der Waals surface area contributed by atoms with E-state index >= 15 is 0 Å². The molecule has 1 heterocycles. The molecule has 1 amide bonds. The smallest absolute Gasteiger partial charge is 0.251 e. The van der Waals surface area contributed by atoms with Gasteiger partial charge in [0.2, 0.25) is 0 Å². The molecular weight excluding hydrogens is 326 g/mol. The first-order chi connectivity index (χ1) is 11.7. The third-order valence-corrected chi connectivity index (χ3v) is 4.33. The van der Waals surface area contributed by atoms with Gasteiger partial charge in [-0.15, -0.1) is 0 Å². The molecule has 4 nitrogen and oxygen atoms in total. The largest absolute Gasteiger partial charge is 0.489 e. The van der Waals surface area contributed by atoms with Gasteiger partial charge in [0.1, 0.15) is 12.4 Å². The second kappa shape index (κ2) is 8.18. The Morgan fingerprint density at radius 1 is 1.25 bits per heavy atom. The Balaban J connectivity index is 1.57. The second-order valence-electron chi connectivity index (χ2n) is 5.75. The summed E-state index contributed by atoms with van der Waals surface area (Å²) in [6.45, 7) is 1.69. The lowest BCUT2D eigenvalue weighted by molar-refractivity contribution is 0.0857. The highest BCUT2D eigenvalue weighted by Crippen LogP contribution is 2.19. The molecule has 24 heavy (non-hydrogen) atoms. The number of nitrogens with one attached hydrogen (secondary N) is 1. The van der Waals surface area contributed by atoms with Gasteiger partial charge in [0, 0.05) is 29.3 Å². The van der Waals surface area contributed by atoms with Crippen LogP contribution < -0.4 is 10.1 Å². The maximum absolute atomic E-state index is 12.2. The Morgan fingerprint density at radius 2 is 2.12 bits per heavy atom. The molecule has 3 rings (SSSR count). The average Bonchev–Trinajstić information content (AvgIpc) is 3.13. The lowest BCUT2D eigenvalue weighted by atomic mass is 10.2. The molecule has 1 atom stereocenters. The average molecular weight is 346 g/mol. The van der Waals surface area contributed by atoms with Crippen molar-refractivity contribution in [3.8, 4) is 5.75 Å². The zero-order valence-corrected chi connectivity index (χ0v) is 14.1. The highest BCUT2D eigenvalue weighted by molar-refractivity contribution is 6.31. The molecule has 1 aliphatic heterocycles. The molecule has 0 aliphatic carbocycles. The molecule has 2 aromatic rings. The van der Waals surface area contributed by atoms with E-state index in [4.69, 9.17) is 21.1 Å². The van der Waals surface area contributed by atoms with E-state index in [0.717, 1.165) is 25.0 Å². The minimum atomic E-state index is -0.117. The number of hydrogen-bond acceptors (Lipinski definition) is 3. The van der Waals surface area contributed by atoms with Crippen LogP contribution in [0.3, 0.4) is 0 Å². The molecule has 1 saturated heterocycles. The standard InChI is InChI=1S/C19H20ClNO3/c20-18-9-2-1-5-15(18)13-24-16-7-3-6-14(11-16)19(22)21-12-17-8-4-10-23-17/h1-3,5-7,9,11,17H,4,8,10,12-13H2,(H,21,22)/t17-/m0/s1. The first-order valence-electron chi connectivity index (χ1n) is 8.08. The molecule has 0 spiro atoms. The normalized spacial score (nSPS) is 16.8. The van der Waals surface area contributed by atoms with E-state index in [1.54, 1.807) is 12.1 Å². The predicted molar refractivity (Wildman–Crippen MR) is 93.5 cm³/mol. The fourth-order valence-electron chi connectivity index (χ4n) is 2.62. The van der Waals surface area contributed by atoms with Gasteiger partial charge >= 0.3 is 0 Å². The summed E-state index contributed by atoms with van der Waals surface area (Å²) in [4.78, 5) is 12.2. The first-order valence-corrected chi connectivity index (χ1v) is 8.46. The van der Waals surface area contributed by atoms with Crippen LogP contribution in [0.25, 0.3) is 0 Å². The number of benzene rings is 2. The van der Waals surface area contributed by atoms with Crippen molar-refractivity contribution in [2.24, 2.45) is 0 Å². The molecule has 126 valence electrons. The Kier molecular flexibility index (Phi) is 5.72. The summed E-state index contributed by atoms with van der Waals surface area (Å²) >= 11 is 6.12. The maximum Gasteiger partial charge on any atom is 0.251 e. The lowest BCUT2D eigenvalue weighted by Crippen LogP contribution is -2.31. The summed E-state index contributed by atoms with van der Waals surface area (Å²) < 4.78 is 11.3. The topological polar surface area (TPSA) is 47.6 Å². The molecule has 0 unspecified atom stereocenters. The Bertz CT molecular complexity index is 699. The van der Waals surface area contributed by atoms with Gasteiger partial charge in [-0.2, -0.15) is 0 Å². The summed E-state index contributed by atoms with van der Waals surface area (Å²) in [5.74, 6) is 0.522. The summed E-state index contributed by atoms with van der Waals surface area (Å²) in [7, 11) is 0. The van der Waals surface area contributed by atoms with Crippen LogP contribution >= 0.6 is 11.6 Å². The maximum atomic E-state index is 12.2. The number of ether oxygens (including phenoxy) is 2. The van der Waals surface area contributed by atoms with Gasteiger partial charge < -0.3 is 14.8 Å². The summed E-state index contributed by atoms with van der Waals surface area (Å²) in [5, 5.41) is 3.58. The van der Waals surface area contributed by atoms with E-state index < -0.39 is 0 Å². The Labute approximate surface area is 146 Å². The van der Waals surface area contributed by atoms with Gasteiger partial charge in [-0.25, -0.2) is 0 Å². The van der Waals surface area contributed by atoms with E-state index in [9.17, 15) is 4.79 Å². The molecule has 0 aromatic heterocycles. The van der Waals surface area contributed by atoms with Crippen LogP contribution in [0.1, 0.15) is 28.8 Å². The van der Waals surface area contributed by atoms with Gasteiger partial charge in [-0.1, -0.05) is 35.9 Å². The van der Waals surface area contributed by atoms with Crippen molar-refractivity contribution in [3.05, 3.63) is 64.7 Å². The summed E-state index contributed by atoms with van der Waals surface area (Å²) in [6, 6.07) is 14.7. The summed E-state index contributed by atoms with van der Waals surface area (Å²) in [6.07, 6.45) is 2.20. The Morgan fingerprint density at radius 3 is 2.92 bits per heavy atom. The van der Waals surface area contributed by atoms with Crippen LogP contribution in [0.5, 0.6) is 5.75 Å². The van der Waals surface area contributed by atoms with Gasteiger partial charge in [-0.3, -0.25) is 4.79 Å². The molecule has 0 saturated carbocycles. The predicted octanol–water partition coefficient (Wildman–Crippen LogP) is 3.83. The summed E-state index contributed by atoms with van der Waals surface area (Å²) in [5.41, 5.74) is 1.48. The van der Waals surface area contributed by atoms with Crippen molar-refractivity contribution >= 4 is 17.5 Å². The molecule has 1 N–H and O–H groups in total. The van der Waals surface area contributed by atoms with E-state index in [0.29, 0.717) is 29.5 Å². The second-order valence-corrected chi connectivity index (χ2v) is 6.16. The minimum Gasteiger partial charge on any atom is -0.489 e. The molecule has 0 bridgehead atoms. The Hall–Kier alpha value is -2.04. The van der Waals surface area contributed by atoms with Gasteiger partial charge in [0.15, 0.2) is 0 Å². The van der Waals surface area contributed by atoms with Crippen molar-refractivity contribution in [2.45, 2.75) is 25.6 Å². The van der Waals surface area contributed by atoms with Crippen LogP contribution in [0, 0.1) is 0 Å². The van der Waals surface area contributed by atoms with E-state index in [1.165, 1.54) is 0 Å². The highest BCUT2D eigenvalue weighted by atomic mass is 35.5. The van der Waals surface area contributed by atoms with Gasteiger partial charge in [0.25, 0.3) is 5.91 Å². The lowest BCUT2D eigenvalue weighted by Gasteiger charge is -2.12. The van der Waals surface area contributed by atoms with E-state index in [1.807, 2.05) is 36.4 Å². The SMILES string of the molecule is O=C(NC[C@@H]1CCCO1)c1cccc(OCc2ccccc2Cl)c1. The molecule has 5 heteroatoms. The third kappa shape index (κ3) is 4.49. The van der Waals surface area contributed by atoms with Crippen molar-refractivity contribution in [3.63, 3.8) is 0 Å². The molecule has 1 aliphatic rings. The zero-order valence-electron chi connectivity index (χ0n) is 13.3. The van der Waals surface area contributed by atoms with Crippen LogP contribution in [0.4, 0.5) is 0 Å². The van der Waals surface area contributed by atoms with Gasteiger partial charge in [0.05, 0.1) is 6.10 Å². The number of halogens is 1. The molecule has 2 aromatic carbocycles. The van der Waals surface area contributed by atoms with Crippen LogP contribution in [-0.4, -0.2) is 25.2 Å². The molecular formula is C19H20ClNO3. The molecule has 0 radical (unpaired) electrons. The highest BCUT2D eigenvalue weighted by Gasteiger charge is 2.16. The fraction of sp³-hybridized carbons (Fsp3) is 0.316. The van der Waals surface area contributed by atoms with Gasteiger partial charge in [-0.05, 0) is 37.1 Å². The van der Waals surface area contributed by atoms with Crippen LogP contribution in [-0.2, 0) is 11.3 Å². The van der Waals surface area contributed by atoms with Crippen LogP contribution in [0.15, 0.2) is 48.5 Å². The van der Waals surface area contributed by atoms with Crippen molar-refractivity contribution in [1.82, 2.24) is 5.32 Å². The first kappa shape index (κ1) is 16.8. The van der Waals surface area contributed by atoms with Crippen molar-refractivity contribution in [1.29, 1.82) is 0 Å². The zero-order chi connectivity index (χ0) is 16.8. The minimum absolute atomic E-state index is 0.117. The van der Waals surface area contributed by atoms with Crippen molar-refractivity contribution < 1.29 is 14.3 Å². The number of carbonyl (C=O) groups is 1. The number of amides is 1. The van der Waals surface area contributed by atoms with E-state index in [2.05, 4.69) is 5.32 Å². The number of carbonyl (C=O) groups excluding carboxylic acids is 1.